The van der Waals surface area contributed by atoms with Crippen LogP contribution in [0.25, 0.3) is 5.69 Å². The molecule has 1 amide bonds. The summed E-state index contributed by atoms with van der Waals surface area (Å²) in [7, 11) is 0. The SMILES string of the molecule is CC1(NC(=O)c2cnn(-c3ccc(Cl)cc3)c2)CCCCC1C(=O)O. The predicted molar refractivity (Wildman–Crippen MR) is 94.0 cm³/mol. The van der Waals surface area contributed by atoms with Crippen LogP contribution >= 0.6 is 11.6 Å². The Hall–Kier alpha value is -2.34. The number of hydrogen-bond donors (Lipinski definition) is 2. The van der Waals surface area contributed by atoms with Crippen LogP contribution in [0.15, 0.2) is 36.7 Å². The molecule has 1 saturated carbocycles. The molecule has 2 atom stereocenters. The lowest BCUT2D eigenvalue weighted by Crippen LogP contribution is -2.55. The highest BCUT2D eigenvalue weighted by Gasteiger charge is 2.42. The van der Waals surface area contributed by atoms with E-state index >= 15 is 0 Å². The minimum atomic E-state index is -0.862. The first-order valence-electron chi connectivity index (χ1n) is 8.25. The summed E-state index contributed by atoms with van der Waals surface area (Å²) in [5.74, 6) is -1.74. The summed E-state index contributed by atoms with van der Waals surface area (Å²) in [6.07, 6.45) is 6.12. The number of benzene rings is 1. The zero-order chi connectivity index (χ0) is 18.0. The third kappa shape index (κ3) is 3.69. The molecule has 1 aromatic heterocycles. The molecule has 1 heterocycles. The van der Waals surface area contributed by atoms with Gasteiger partial charge >= 0.3 is 5.97 Å². The summed E-state index contributed by atoms with van der Waals surface area (Å²) in [6, 6.07) is 7.11. The standard InChI is InChI=1S/C18H20ClN3O3/c1-18(9-3-2-4-15(18)17(24)25)21-16(23)12-10-20-22(11-12)14-7-5-13(19)6-8-14/h5-8,10-11,15H,2-4,9H2,1H3,(H,21,23)(H,24,25). The molecule has 0 bridgehead atoms. The van der Waals surface area contributed by atoms with Crippen LogP contribution in [0, 0.1) is 5.92 Å². The largest absolute Gasteiger partial charge is 0.481 e. The van der Waals surface area contributed by atoms with E-state index in [0.717, 1.165) is 18.5 Å². The Morgan fingerprint density at radius 3 is 2.72 bits per heavy atom. The molecule has 1 aliphatic carbocycles. The fourth-order valence-electron chi connectivity index (χ4n) is 3.39. The zero-order valence-corrected chi connectivity index (χ0v) is 14.7. The van der Waals surface area contributed by atoms with E-state index in [0.29, 0.717) is 23.4 Å². The Morgan fingerprint density at radius 1 is 1.32 bits per heavy atom. The molecule has 132 valence electrons. The van der Waals surface area contributed by atoms with Gasteiger partial charge in [0.25, 0.3) is 5.91 Å². The van der Waals surface area contributed by atoms with Gasteiger partial charge in [-0.2, -0.15) is 5.10 Å². The van der Waals surface area contributed by atoms with Crippen LogP contribution in [0.2, 0.25) is 5.02 Å². The lowest BCUT2D eigenvalue weighted by atomic mass is 9.74. The van der Waals surface area contributed by atoms with Gasteiger partial charge in [-0.15, -0.1) is 0 Å². The third-order valence-corrected chi connectivity index (χ3v) is 5.09. The molecule has 3 rings (SSSR count). The molecule has 25 heavy (non-hydrogen) atoms. The summed E-state index contributed by atoms with van der Waals surface area (Å²) in [5.41, 5.74) is 0.436. The van der Waals surface area contributed by atoms with Gasteiger partial charge in [-0.1, -0.05) is 24.4 Å². The topological polar surface area (TPSA) is 84.2 Å². The first kappa shape index (κ1) is 17.5. The highest BCUT2D eigenvalue weighted by atomic mass is 35.5. The van der Waals surface area contributed by atoms with E-state index in [-0.39, 0.29) is 5.91 Å². The number of hydrogen-bond acceptors (Lipinski definition) is 3. The van der Waals surface area contributed by atoms with Gasteiger partial charge in [-0.3, -0.25) is 9.59 Å². The van der Waals surface area contributed by atoms with Gasteiger partial charge in [-0.25, -0.2) is 4.68 Å². The van der Waals surface area contributed by atoms with E-state index in [1.807, 2.05) is 6.92 Å². The predicted octanol–water partition coefficient (Wildman–Crippen LogP) is 3.29. The molecule has 0 aliphatic heterocycles. The Labute approximate surface area is 150 Å². The fraction of sp³-hybridized carbons (Fsp3) is 0.389. The quantitative estimate of drug-likeness (QED) is 0.875. The Bertz CT molecular complexity index is 787. The second-order valence-corrected chi connectivity index (χ2v) is 7.09. The number of nitrogens with zero attached hydrogens (tertiary/aromatic N) is 2. The molecule has 1 aromatic carbocycles. The number of rotatable bonds is 4. The van der Waals surface area contributed by atoms with E-state index in [4.69, 9.17) is 11.6 Å². The summed E-state index contributed by atoms with van der Waals surface area (Å²) in [4.78, 5) is 24.1. The number of carboxylic acids is 1. The number of amides is 1. The number of nitrogens with one attached hydrogen (secondary N) is 1. The molecule has 1 aliphatic rings. The molecule has 0 radical (unpaired) electrons. The number of halogens is 1. The van der Waals surface area contributed by atoms with Crippen molar-refractivity contribution in [2.24, 2.45) is 5.92 Å². The fourth-order valence-corrected chi connectivity index (χ4v) is 3.51. The first-order chi connectivity index (χ1) is 11.9. The van der Waals surface area contributed by atoms with Gasteiger partial charge < -0.3 is 10.4 Å². The van der Waals surface area contributed by atoms with Gasteiger partial charge in [0.1, 0.15) is 0 Å². The van der Waals surface area contributed by atoms with Crippen molar-refractivity contribution in [3.05, 3.63) is 47.2 Å². The summed E-state index contributed by atoms with van der Waals surface area (Å²) in [5, 5.41) is 17.2. The minimum absolute atomic E-state index is 0.309. The molecule has 7 heteroatoms. The van der Waals surface area contributed by atoms with Crippen molar-refractivity contribution in [3.63, 3.8) is 0 Å². The Morgan fingerprint density at radius 2 is 2.04 bits per heavy atom. The van der Waals surface area contributed by atoms with Gasteiger partial charge in [0.15, 0.2) is 0 Å². The van der Waals surface area contributed by atoms with Gasteiger partial charge in [0.2, 0.25) is 0 Å². The van der Waals surface area contributed by atoms with Crippen LogP contribution < -0.4 is 5.32 Å². The minimum Gasteiger partial charge on any atom is -0.481 e. The average Bonchev–Trinajstić information content (AvgIpc) is 3.05. The lowest BCUT2D eigenvalue weighted by Gasteiger charge is -2.39. The summed E-state index contributed by atoms with van der Waals surface area (Å²) >= 11 is 5.88. The molecule has 2 aromatic rings. The van der Waals surface area contributed by atoms with Crippen molar-refractivity contribution in [3.8, 4) is 5.69 Å². The second kappa shape index (κ2) is 6.88. The lowest BCUT2D eigenvalue weighted by molar-refractivity contribution is -0.145. The molecular weight excluding hydrogens is 342 g/mol. The number of aromatic nitrogens is 2. The number of carbonyl (C=O) groups is 2. The van der Waals surface area contributed by atoms with Crippen LogP contribution in [-0.4, -0.2) is 32.3 Å². The van der Waals surface area contributed by atoms with Crippen LogP contribution in [-0.2, 0) is 4.79 Å². The van der Waals surface area contributed by atoms with Crippen LogP contribution in [0.1, 0.15) is 43.0 Å². The van der Waals surface area contributed by atoms with Crippen LogP contribution in [0.3, 0.4) is 0 Å². The smallest absolute Gasteiger partial charge is 0.308 e. The Kier molecular flexibility index (Phi) is 4.81. The monoisotopic (exact) mass is 361 g/mol. The third-order valence-electron chi connectivity index (χ3n) is 4.84. The zero-order valence-electron chi connectivity index (χ0n) is 13.9. The van der Waals surface area contributed by atoms with E-state index in [1.165, 1.54) is 6.20 Å². The molecule has 2 N–H and O–H groups in total. The van der Waals surface area contributed by atoms with Crippen LogP contribution in [0.5, 0.6) is 0 Å². The van der Waals surface area contributed by atoms with Gasteiger partial charge in [0, 0.05) is 11.2 Å². The maximum absolute atomic E-state index is 12.6. The van der Waals surface area contributed by atoms with Gasteiger partial charge in [0.05, 0.1) is 28.9 Å². The van der Waals surface area contributed by atoms with E-state index < -0.39 is 17.4 Å². The van der Waals surface area contributed by atoms with Crippen molar-refractivity contribution in [2.75, 3.05) is 0 Å². The Balaban J connectivity index is 1.77. The number of carbonyl (C=O) groups excluding carboxylic acids is 1. The van der Waals surface area contributed by atoms with Crippen molar-refractivity contribution in [2.45, 2.75) is 38.1 Å². The van der Waals surface area contributed by atoms with E-state index in [2.05, 4.69) is 10.4 Å². The normalized spacial score (nSPS) is 23.2. The maximum Gasteiger partial charge on any atom is 0.308 e. The van der Waals surface area contributed by atoms with Crippen molar-refractivity contribution >= 4 is 23.5 Å². The van der Waals surface area contributed by atoms with Crippen molar-refractivity contribution in [1.29, 1.82) is 0 Å². The average molecular weight is 362 g/mol. The van der Waals surface area contributed by atoms with E-state index in [9.17, 15) is 14.7 Å². The summed E-state index contributed by atoms with van der Waals surface area (Å²) < 4.78 is 1.59. The highest BCUT2D eigenvalue weighted by Crippen LogP contribution is 2.34. The number of aliphatic carboxylic acids is 1. The second-order valence-electron chi connectivity index (χ2n) is 6.66. The molecule has 0 spiro atoms. The molecule has 0 saturated heterocycles. The van der Waals surface area contributed by atoms with Crippen molar-refractivity contribution < 1.29 is 14.7 Å². The molecule has 1 fully saturated rings. The molecule has 2 unspecified atom stereocenters. The number of carboxylic acid groups (broad SMARTS) is 1. The molecule has 6 nitrogen and oxygen atoms in total. The maximum atomic E-state index is 12.6. The first-order valence-corrected chi connectivity index (χ1v) is 8.63. The van der Waals surface area contributed by atoms with Crippen LogP contribution in [0.4, 0.5) is 0 Å². The highest BCUT2D eigenvalue weighted by molar-refractivity contribution is 6.30. The van der Waals surface area contributed by atoms with Gasteiger partial charge in [-0.05, 0) is 44.0 Å². The van der Waals surface area contributed by atoms with E-state index in [1.54, 1.807) is 35.1 Å². The summed E-state index contributed by atoms with van der Waals surface area (Å²) in [6.45, 7) is 1.81. The molecular formula is C18H20ClN3O3. The van der Waals surface area contributed by atoms with Crippen molar-refractivity contribution in [1.82, 2.24) is 15.1 Å².